The summed E-state index contributed by atoms with van der Waals surface area (Å²) in [6.45, 7) is 3.24. The second-order valence-electron chi connectivity index (χ2n) is 6.81. The van der Waals surface area contributed by atoms with Crippen LogP contribution in [0.2, 0.25) is 10.0 Å². The largest absolute Gasteiger partial charge is 0.359 e. The maximum Gasteiger partial charge on any atom is 0.278 e. The van der Waals surface area contributed by atoms with E-state index in [1.165, 1.54) is 0 Å². The zero-order valence-electron chi connectivity index (χ0n) is 16.0. The molecule has 2 aromatic carbocycles. The van der Waals surface area contributed by atoms with Crippen molar-refractivity contribution in [1.29, 1.82) is 0 Å². The van der Waals surface area contributed by atoms with Crippen LogP contribution in [0, 0.1) is 6.92 Å². The highest BCUT2D eigenvalue weighted by Gasteiger charge is 2.20. The van der Waals surface area contributed by atoms with E-state index in [0.29, 0.717) is 40.2 Å². The Morgan fingerprint density at radius 3 is 2.77 bits per heavy atom. The van der Waals surface area contributed by atoms with Crippen LogP contribution in [0.4, 0.5) is 11.4 Å². The monoisotopic (exact) mass is 444 g/mol. The van der Waals surface area contributed by atoms with Crippen molar-refractivity contribution in [2.45, 2.75) is 6.92 Å². The highest BCUT2D eigenvalue weighted by atomic mass is 35.5. The van der Waals surface area contributed by atoms with Gasteiger partial charge in [0.25, 0.3) is 5.91 Å². The van der Waals surface area contributed by atoms with Gasteiger partial charge < -0.3 is 15.5 Å². The first-order valence-electron chi connectivity index (χ1n) is 9.23. The molecular formula is C20H18Cl2N6O2. The molecule has 1 fully saturated rings. The summed E-state index contributed by atoms with van der Waals surface area (Å²) in [5.41, 5.74) is 2.75. The Morgan fingerprint density at radius 1 is 1.20 bits per heavy atom. The van der Waals surface area contributed by atoms with Gasteiger partial charge in [0.2, 0.25) is 5.91 Å². The number of benzene rings is 2. The molecule has 4 rings (SSSR count). The smallest absolute Gasteiger partial charge is 0.278 e. The molecule has 1 aromatic heterocycles. The number of nitrogens with zero attached hydrogens (tertiary/aromatic N) is 4. The van der Waals surface area contributed by atoms with Crippen molar-refractivity contribution in [2.75, 3.05) is 29.9 Å². The molecule has 30 heavy (non-hydrogen) atoms. The number of aromatic nitrogens is 3. The first-order chi connectivity index (χ1) is 14.4. The minimum absolute atomic E-state index is 0.0482. The van der Waals surface area contributed by atoms with Gasteiger partial charge in [-0.05, 0) is 43.3 Å². The summed E-state index contributed by atoms with van der Waals surface area (Å²) in [6, 6.07) is 12.3. The van der Waals surface area contributed by atoms with Gasteiger partial charge in [-0.25, -0.2) is 4.68 Å². The van der Waals surface area contributed by atoms with Gasteiger partial charge in [-0.3, -0.25) is 9.59 Å². The average Bonchev–Trinajstić information content (AvgIpc) is 3.09. The number of rotatable bonds is 4. The lowest BCUT2D eigenvalue weighted by Crippen LogP contribution is -2.47. The molecule has 0 saturated carbocycles. The van der Waals surface area contributed by atoms with Crippen LogP contribution in [0.25, 0.3) is 5.69 Å². The Hall–Kier alpha value is -3.10. The SMILES string of the molecule is Cc1c(C(=O)Nc2ccc(N3CCNC(=O)C3)c(Cl)c2)nnn1-c1cccc(Cl)c1. The molecule has 0 bridgehead atoms. The molecule has 0 aliphatic carbocycles. The topological polar surface area (TPSA) is 92.2 Å². The number of piperazine rings is 1. The molecule has 2 N–H and O–H groups in total. The van der Waals surface area contributed by atoms with Crippen LogP contribution in [0.1, 0.15) is 16.2 Å². The number of nitrogens with one attached hydrogen (secondary N) is 2. The van der Waals surface area contributed by atoms with Crippen molar-refractivity contribution in [3.63, 3.8) is 0 Å². The highest BCUT2D eigenvalue weighted by Crippen LogP contribution is 2.29. The molecule has 8 nitrogen and oxygen atoms in total. The maximum atomic E-state index is 12.7. The van der Waals surface area contributed by atoms with E-state index in [1.807, 2.05) is 11.0 Å². The minimum atomic E-state index is -0.401. The van der Waals surface area contributed by atoms with Crippen LogP contribution in [0.15, 0.2) is 42.5 Å². The molecule has 1 aliphatic heterocycles. The summed E-state index contributed by atoms with van der Waals surface area (Å²) in [5.74, 6) is -0.449. The Labute approximate surface area is 182 Å². The fourth-order valence-corrected chi connectivity index (χ4v) is 3.75. The summed E-state index contributed by atoms with van der Waals surface area (Å²) in [7, 11) is 0. The summed E-state index contributed by atoms with van der Waals surface area (Å²) in [6.07, 6.45) is 0. The first-order valence-corrected chi connectivity index (χ1v) is 9.99. The van der Waals surface area contributed by atoms with Gasteiger partial charge in [-0.2, -0.15) is 0 Å². The number of hydrogen-bond acceptors (Lipinski definition) is 5. The van der Waals surface area contributed by atoms with Gasteiger partial charge in [-0.15, -0.1) is 5.10 Å². The van der Waals surface area contributed by atoms with Crippen molar-refractivity contribution < 1.29 is 9.59 Å². The molecule has 0 unspecified atom stereocenters. The molecule has 154 valence electrons. The van der Waals surface area contributed by atoms with Gasteiger partial charge >= 0.3 is 0 Å². The molecule has 2 amide bonds. The lowest BCUT2D eigenvalue weighted by atomic mass is 10.2. The lowest BCUT2D eigenvalue weighted by molar-refractivity contribution is -0.120. The van der Waals surface area contributed by atoms with E-state index in [-0.39, 0.29) is 18.1 Å². The quantitative estimate of drug-likeness (QED) is 0.644. The van der Waals surface area contributed by atoms with E-state index in [2.05, 4.69) is 20.9 Å². The standard InChI is InChI=1S/C20H18Cl2N6O2/c1-12-19(25-26-28(12)15-4-2-3-13(21)9-15)20(30)24-14-5-6-17(16(22)10-14)27-8-7-23-18(29)11-27/h2-6,9-10H,7-8,11H2,1H3,(H,23,29)(H,24,30). The second-order valence-corrected chi connectivity index (χ2v) is 7.65. The van der Waals surface area contributed by atoms with E-state index in [0.717, 1.165) is 5.69 Å². The van der Waals surface area contributed by atoms with Gasteiger partial charge in [0.15, 0.2) is 5.69 Å². The van der Waals surface area contributed by atoms with Gasteiger partial charge in [0.05, 0.1) is 28.6 Å². The maximum absolute atomic E-state index is 12.7. The third kappa shape index (κ3) is 4.10. The average molecular weight is 445 g/mol. The van der Waals surface area contributed by atoms with E-state index >= 15 is 0 Å². The summed E-state index contributed by atoms with van der Waals surface area (Å²) < 4.78 is 1.55. The number of amides is 2. The normalized spacial score (nSPS) is 13.8. The fourth-order valence-electron chi connectivity index (χ4n) is 3.27. The Kier molecular flexibility index (Phi) is 5.61. The molecule has 0 atom stereocenters. The predicted molar refractivity (Wildman–Crippen MR) is 116 cm³/mol. The van der Waals surface area contributed by atoms with Crippen LogP contribution in [-0.2, 0) is 4.79 Å². The molecule has 0 radical (unpaired) electrons. The fraction of sp³-hybridized carbons (Fsp3) is 0.200. The van der Waals surface area contributed by atoms with Gasteiger partial charge in [0, 0.05) is 23.8 Å². The molecule has 3 aromatic rings. The highest BCUT2D eigenvalue weighted by molar-refractivity contribution is 6.33. The third-order valence-electron chi connectivity index (χ3n) is 4.75. The van der Waals surface area contributed by atoms with Crippen LogP contribution >= 0.6 is 23.2 Å². The van der Waals surface area contributed by atoms with Crippen molar-refractivity contribution in [3.05, 3.63) is 63.9 Å². The Bertz CT molecular complexity index is 1130. The molecular weight excluding hydrogens is 427 g/mol. The minimum Gasteiger partial charge on any atom is -0.359 e. The van der Waals surface area contributed by atoms with Crippen molar-refractivity contribution in [1.82, 2.24) is 20.3 Å². The second kappa shape index (κ2) is 8.33. The number of anilines is 2. The van der Waals surface area contributed by atoms with Gasteiger partial charge in [-0.1, -0.05) is 34.5 Å². The van der Waals surface area contributed by atoms with E-state index in [9.17, 15) is 9.59 Å². The van der Waals surface area contributed by atoms with Crippen LogP contribution in [0.5, 0.6) is 0 Å². The van der Waals surface area contributed by atoms with Gasteiger partial charge in [0.1, 0.15) is 0 Å². The zero-order valence-corrected chi connectivity index (χ0v) is 17.5. The van der Waals surface area contributed by atoms with E-state index in [4.69, 9.17) is 23.2 Å². The van der Waals surface area contributed by atoms with Crippen LogP contribution in [-0.4, -0.2) is 46.4 Å². The Morgan fingerprint density at radius 2 is 2.03 bits per heavy atom. The number of halogens is 2. The van der Waals surface area contributed by atoms with Crippen molar-refractivity contribution in [2.24, 2.45) is 0 Å². The zero-order chi connectivity index (χ0) is 21.3. The van der Waals surface area contributed by atoms with Crippen LogP contribution in [0.3, 0.4) is 0 Å². The molecule has 2 heterocycles. The van der Waals surface area contributed by atoms with E-state index < -0.39 is 5.91 Å². The summed E-state index contributed by atoms with van der Waals surface area (Å²) in [4.78, 5) is 26.2. The van der Waals surface area contributed by atoms with E-state index in [1.54, 1.807) is 48.0 Å². The molecule has 1 aliphatic rings. The molecule has 0 spiro atoms. The number of carbonyl (C=O) groups is 2. The summed E-state index contributed by atoms with van der Waals surface area (Å²) >= 11 is 12.4. The predicted octanol–water partition coefficient (Wildman–Crippen LogP) is 3.07. The molecule has 1 saturated heterocycles. The third-order valence-corrected chi connectivity index (χ3v) is 5.28. The Balaban J connectivity index is 1.52. The van der Waals surface area contributed by atoms with Crippen molar-refractivity contribution >= 4 is 46.4 Å². The number of hydrogen-bond donors (Lipinski definition) is 2. The first kappa shape index (κ1) is 20.2. The lowest BCUT2D eigenvalue weighted by Gasteiger charge is -2.29. The number of carbonyl (C=O) groups excluding carboxylic acids is 2. The molecule has 10 heteroatoms. The van der Waals surface area contributed by atoms with Crippen LogP contribution < -0.4 is 15.5 Å². The van der Waals surface area contributed by atoms with Crippen molar-refractivity contribution in [3.8, 4) is 5.69 Å². The summed E-state index contributed by atoms with van der Waals surface area (Å²) in [5, 5.41) is 14.7.